The number of carbonyl (C=O) groups is 2. The van der Waals surface area contributed by atoms with Gasteiger partial charge >= 0.3 is 11.7 Å². The molecule has 0 aromatic carbocycles. The van der Waals surface area contributed by atoms with Crippen LogP contribution in [0.5, 0.6) is 0 Å². The van der Waals surface area contributed by atoms with E-state index in [0.29, 0.717) is 0 Å². The average Bonchev–Trinajstić information content (AvgIpc) is 2.36. The van der Waals surface area contributed by atoms with Crippen molar-refractivity contribution in [2.45, 2.75) is 19.4 Å². The number of methoxy groups -OCH3 is 1. The topological polar surface area (TPSA) is 111 Å². The highest BCUT2D eigenvalue weighted by Gasteiger charge is 2.25. The Balaban J connectivity index is 3.09. The molecule has 0 aliphatic carbocycles. The molecule has 1 N–H and O–H groups in total. The molecule has 0 spiro atoms. The van der Waals surface area contributed by atoms with E-state index in [4.69, 9.17) is 11.6 Å². The molecule has 0 aliphatic rings. The van der Waals surface area contributed by atoms with Gasteiger partial charge in [-0.1, -0.05) is 11.6 Å². The molecule has 0 aliphatic heterocycles. The van der Waals surface area contributed by atoms with Crippen LogP contribution in [0.1, 0.15) is 13.3 Å². The van der Waals surface area contributed by atoms with Crippen molar-refractivity contribution in [2.24, 2.45) is 0 Å². The molecule has 0 bridgehead atoms. The summed E-state index contributed by atoms with van der Waals surface area (Å²) < 4.78 is 4.53. The molecule has 8 nitrogen and oxygen atoms in total. The third-order valence-corrected chi connectivity index (χ3v) is 2.54. The molecule has 1 aromatic rings. The normalized spacial score (nSPS) is 11.6. The van der Waals surface area contributed by atoms with Crippen molar-refractivity contribution in [3.63, 3.8) is 0 Å². The van der Waals surface area contributed by atoms with E-state index < -0.39 is 16.9 Å². The summed E-state index contributed by atoms with van der Waals surface area (Å²) in [5.74, 6) is -1.20. The van der Waals surface area contributed by atoms with Gasteiger partial charge in [-0.3, -0.25) is 14.9 Å². The van der Waals surface area contributed by atoms with Gasteiger partial charge in [0.15, 0.2) is 0 Å². The summed E-state index contributed by atoms with van der Waals surface area (Å²) in [4.78, 5) is 36.6. The number of pyridine rings is 1. The van der Waals surface area contributed by atoms with Gasteiger partial charge in [-0.05, 0) is 13.0 Å². The van der Waals surface area contributed by atoms with Crippen LogP contribution < -0.4 is 5.32 Å². The zero-order valence-corrected chi connectivity index (χ0v) is 11.5. The van der Waals surface area contributed by atoms with E-state index in [1.165, 1.54) is 13.0 Å². The maximum atomic E-state index is 11.6. The molecule has 108 valence electrons. The molecule has 0 saturated carbocycles. The number of halogens is 1. The third kappa shape index (κ3) is 4.16. The molecule has 0 radical (unpaired) electrons. The Bertz CT molecular complexity index is 549. The summed E-state index contributed by atoms with van der Waals surface area (Å²) in [5.41, 5.74) is -0.355. The van der Waals surface area contributed by atoms with Crippen LogP contribution in [0.3, 0.4) is 0 Å². The van der Waals surface area contributed by atoms with Gasteiger partial charge in [0.05, 0.1) is 12.0 Å². The predicted molar refractivity (Wildman–Crippen MR) is 70.6 cm³/mol. The number of aromatic nitrogens is 1. The molecule has 1 aromatic heterocycles. The second kappa shape index (κ2) is 6.80. The number of Topliss-reactive ketones (excluding diaryl/α,β-unsaturated/α-hetero) is 1. The Kier molecular flexibility index (Phi) is 5.39. The number of hydrogen-bond acceptors (Lipinski definition) is 7. The van der Waals surface area contributed by atoms with Gasteiger partial charge in [0.2, 0.25) is 5.82 Å². The Labute approximate surface area is 119 Å². The molecule has 1 atom stereocenters. The van der Waals surface area contributed by atoms with Crippen molar-refractivity contribution in [1.29, 1.82) is 0 Å². The number of nitrogens with one attached hydrogen (secondary N) is 1. The molecular weight excluding hydrogens is 290 g/mol. The lowest BCUT2D eigenvalue weighted by Gasteiger charge is -2.15. The summed E-state index contributed by atoms with van der Waals surface area (Å²) >= 11 is 5.67. The largest absolute Gasteiger partial charge is 0.467 e. The Morgan fingerprint density at radius 2 is 2.20 bits per heavy atom. The van der Waals surface area contributed by atoms with Crippen molar-refractivity contribution >= 4 is 34.9 Å². The van der Waals surface area contributed by atoms with Crippen LogP contribution in [-0.4, -0.2) is 34.8 Å². The molecule has 1 rings (SSSR count). The molecule has 0 amide bonds. The highest BCUT2D eigenvalue weighted by molar-refractivity contribution is 6.29. The quantitative estimate of drug-likeness (QED) is 0.367. The first-order valence-electron chi connectivity index (χ1n) is 5.50. The number of carbonyl (C=O) groups excluding carboxylic acids is 2. The fourth-order valence-corrected chi connectivity index (χ4v) is 1.62. The molecule has 9 heteroatoms. The first kappa shape index (κ1) is 15.8. The molecule has 0 fully saturated rings. The van der Waals surface area contributed by atoms with Gasteiger partial charge in [0, 0.05) is 12.5 Å². The minimum absolute atomic E-state index is 0.0181. The number of anilines is 1. The molecule has 1 heterocycles. The first-order valence-corrected chi connectivity index (χ1v) is 5.87. The Morgan fingerprint density at radius 1 is 1.55 bits per heavy atom. The molecule has 0 unspecified atom stereocenters. The lowest BCUT2D eigenvalue weighted by Crippen LogP contribution is -2.33. The van der Waals surface area contributed by atoms with Crippen LogP contribution >= 0.6 is 11.6 Å². The number of nitro groups is 1. The van der Waals surface area contributed by atoms with Crippen molar-refractivity contribution < 1.29 is 19.2 Å². The first-order chi connectivity index (χ1) is 9.35. The number of ketones is 1. The van der Waals surface area contributed by atoms with Gasteiger partial charge in [-0.15, -0.1) is 0 Å². The number of rotatable bonds is 6. The predicted octanol–water partition coefficient (Wildman–Crippen LogP) is 1.58. The van der Waals surface area contributed by atoms with E-state index in [2.05, 4.69) is 15.0 Å². The standard InChI is InChI=1S/C11H12ClN3O5/c1-6(16)5-7(11(17)20-2)13-10-8(15(18)19)3-4-9(12)14-10/h3-4,7H,5H2,1-2H3,(H,13,14)/t7-/m0/s1. The summed E-state index contributed by atoms with van der Waals surface area (Å²) in [6.45, 7) is 1.29. The minimum atomic E-state index is -1.07. The van der Waals surface area contributed by atoms with E-state index in [9.17, 15) is 19.7 Å². The van der Waals surface area contributed by atoms with Crippen LogP contribution in [0.25, 0.3) is 0 Å². The van der Waals surface area contributed by atoms with Crippen molar-refractivity contribution in [3.8, 4) is 0 Å². The second-order valence-corrected chi connectivity index (χ2v) is 4.27. The summed E-state index contributed by atoms with van der Waals surface area (Å²) in [6.07, 6.45) is -0.183. The van der Waals surface area contributed by atoms with E-state index in [1.807, 2.05) is 0 Å². The lowest BCUT2D eigenvalue weighted by atomic mass is 10.1. The van der Waals surface area contributed by atoms with Gasteiger partial charge in [0.25, 0.3) is 0 Å². The monoisotopic (exact) mass is 301 g/mol. The van der Waals surface area contributed by atoms with Gasteiger partial charge in [-0.2, -0.15) is 0 Å². The zero-order valence-electron chi connectivity index (χ0n) is 10.8. The number of esters is 1. The molecular formula is C11H12ClN3O5. The summed E-state index contributed by atoms with van der Waals surface area (Å²) in [7, 11) is 1.15. The van der Waals surface area contributed by atoms with E-state index in [-0.39, 0.29) is 28.9 Å². The summed E-state index contributed by atoms with van der Waals surface area (Å²) in [5, 5.41) is 13.4. The lowest BCUT2D eigenvalue weighted by molar-refractivity contribution is -0.384. The Morgan fingerprint density at radius 3 is 2.70 bits per heavy atom. The SMILES string of the molecule is COC(=O)[C@H](CC(C)=O)Nc1nc(Cl)ccc1[N+](=O)[O-]. The zero-order chi connectivity index (χ0) is 15.3. The van der Waals surface area contributed by atoms with Crippen molar-refractivity contribution in [2.75, 3.05) is 12.4 Å². The van der Waals surface area contributed by atoms with Crippen molar-refractivity contribution in [3.05, 3.63) is 27.4 Å². The summed E-state index contributed by atoms with van der Waals surface area (Å²) in [6, 6.07) is 1.34. The van der Waals surface area contributed by atoms with Gasteiger partial charge in [-0.25, -0.2) is 9.78 Å². The van der Waals surface area contributed by atoms with Gasteiger partial charge < -0.3 is 10.1 Å². The average molecular weight is 302 g/mol. The smallest absolute Gasteiger partial charge is 0.328 e. The van der Waals surface area contributed by atoms with Crippen LogP contribution in [0.2, 0.25) is 5.15 Å². The second-order valence-electron chi connectivity index (χ2n) is 3.89. The Hall–Kier alpha value is -2.22. The van der Waals surface area contributed by atoms with Crippen LogP contribution in [0, 0.1) is 10.1 Å². The number of ether oxygens (including phenoxy) is 1. The fourth-order valence-electron chi connectivity index (χ4n) is 1.47. The fraction of sp³-hybridized carbons (Fsp3) is 0.364. The third-order valence-electron chi connectivity index (χ3n) is 2.32. The number of nitrogens with zero attached hydrogens (tertiary/aromatic N) is 2. The van der Waals surface area contributed by atoms with E-state index in [1.54, 1.807) is 0 Å². The molecule has 0 saturated heterocycles. The van der Waals surface area contributed by atoms with E-state index >= 15 is 0 Å². The maximum absolute atomic E-state index is 11.6. The van der Waals surface area contributed by atoms with Crippen LogP contribution in [0.4, 0.5) is 11.5 Å². The minimum Gasteiger partial charge on any atom is -0.467 e. The van der Waals surface area contributed by atoms with Crippen molar-refractivity contribution in [1.82, 2.24) is 4.98 Å². The van der Waals surface area contributed by atoms with Gasteiger partial charge in [0.1, 0.15) is 17.0 Å². The highest BCUT2D eigenvalue weighted by atomic mass is 35.5. The van der Waals surface area contributed by atoms with E-state index in [0.717, 1.165) is 13.2 Å². The van der Waals surface area contributed by atoms with Crippen LogP contribution in [0.15, 0.2) is 12.1 Å². The van der Waals surface area contributed by atoms with Crippen LogP contribution in [-0.2, 0) is 14.3 Å². The highest BCUT2D eigenvalue weighted by Crippen LogP contribution is 2.25. The number of hydrogen-bond donors (Lipinski definition) is 1. The molecule has 20 heavy (non-hydrogen) atoms. The maximum Gasteiger partial charge on any atom is 0.328 e.